The van der Waals surface area contributed by atoms with Gasteiger partial charge in [0.2, 0.25) is 0 Å². The van der Waals surface area contributed by atoms with Crippen LogP contribution in [0.2, 0.25) is 0 Å². The second-order valence-corrected chi connectivity index (χ2v) is 12.4. The summed E-state index contributed by atoms with van der Waals surface area (Å²) < 4.78 is 0. The second-order valence-electron chi connectivity index (χ2n) is 7.82. The molecular weight excluding hydrogens is 422 g/mol. The Hall–Kier alpha value is -2.78. The van der Waals surface area contributed by atoms with Gasteiger partial charge in [0.1, 0.15) is 0 Å². The molecule has 0 fully saturated rings. The molecule has 1 aliphatic carbocycles. The number of hydrogen-bond donors (Lipinski definition) is 0. The standard InChI is InChI=1S/C30H26P2/c1-5-15-25(16-6-1)31(26-17-7-2-8-18-26)29-23-13-14-24-30(29)32(27-19-9-3-10-20-27)28-21-11-4-12-22-28/h1-21,23-24,28H,22H2. The maximum Gasteiger partial charge on any atom is 0.00886 e. The molecule has 0 N–H and O–H groups in total. The van der Waals surface area contributed by atoms with Crippen molar-refractivity contribution >= 4 is 42.4 Å². The lowest BCUT2D eigenvalue weighted by Crippen LogP contribution is -2.34. The fourth-order valence-corrected chi connectivity index (χ4v) is 9.94. The van der Waals surface area contributed by atoms with E-state index in [-0.39, 0.29) is 0 Å². The van der Waals surface area contributed by atoms with Crippen LogP contribution in [0.1, 0.15) is 6.42 Å². The quantitative estimate of drug-likeness (QED) is 0.329. The van der Waals surface area contributed by atoms with E-state index >= 15 is 0 Å². The molecule has 32 heavy (non-hydrogen) atoms. The zero-order chi connectivity index (χ0) is 21.6. The third-order valence-corrected chi connectivity index (χ3v) is 11.2. The second kappa shape index (κ2) is 10.2. The summed E-state index contributed by atoms with van der Waals surface area (Å²) in [5.74, 6) is 0. The Morgan fingerprint density at radius 2 is 1.00 bits per heavy atom. The molecule has 2 atom stereocenters. The largest absolute Gasteiger partial charge is 0.0836 e. The zero-order valence-electron chi connectivity index (χ0n) is 18.0. The average Bonchev–Trinajstić information content (AvgIpc) is 2.88. The predicted molar refractivity (Wildman–Crippen MR) is 144 cm³/mol. The molecule has 5 rings (SSSR count). The molecule has 4 aromatic rings. The van der Waals surface area contributed by atoms with Crippen molar-refractivity contribution in [2.24, 2.45) is 0 Å². The lowest BCUT2D eigenvalue weighted by Gasteiger charge is -2.31. The summed E-state index contributed by atoms with van der Waals surface area (Å²) in [5, 5.41) is 7.26. The maximum absolute atomic E-state index is 2.42. The molecule has 0 radical (unpaired) electrons. The van der Waals surface area contributed by atoms with Gasteiger partial charge in [-0.05, 0) is 48.8 Å². The van der Waals surface area contributed by atoms with E-state index in [9.17, 15) is 0 Å². The molecule has 0 aromatic heterocycles. The van der Waals surface area contributed by atoms with Crippen LogP contribution in [0, 0.1) is 0 Å². The van der Waals surface area contributed by atoms with Crippen molar-refractivity contribution in [2.45, 2.75) is 12.1 Å². The first kappa shape index (κ1) is 21.1. The van der Waals surface area contributed by atoms with Crippen LogP contribution in [0.4, 0.5) is 0 Å². The highest BCUT2D eigenvalue weighted by Gasteiger charge is 2.28. The molecular formula is C30H26P2. The van der Waals surface area contributed by atoms with Crippen LogP contribution in [0.5, 0.6) is 0 Å². The van der Waals surface area contributed by atoms with Crippen LogP contribution >= 0.6 is 15.8 Å². The highest BCUT2D eigenvalue weighted by Crippen LogP contribution is 2.45. The van der Waals surface area contributed by atoms with Crippen LogP contribution in [0.25, 0.3) is 0 Å². The van der Waals surface area contributed by atoms with Gasteiger partial charge in [-0.3, -0.25) is 0 Å². The zero-order valence-corrected chi connectivity index (χ0v) is 19.7. The van der Waals surface area contributed by atoms with Crippen molar-refractivity contribution in [2.75, 3.05) is 0 Å². The SMILES string of the molecule is C1=CCC(P(c2ccccc2)c2ccccc2P(c2ccccc2)c2ccccc2)C=C1. The van der Waals surface area contributed by atoms with Crippen LogP contribution < -0.4 is 26.5 Å². The number of hydrogen-bond acceptors (Lipinski definition) is 0. The van der Waals surface area contributed by atoms with Gasteiger partial charge in [-0.1, -0.05) is 140 Å². The summed E-state index contributed by atoms with van der Waals surface area (Å²) in [6.07, 6.45) is 10.2. The van der Waals surface area contributed by atoms with Gasteiger partial charge in [-0.2, -0.15) is 0 Å². The molecule has 156 valence electrons. The molecule has 4 aromatic carbocycles. The van der Waals surface area contributed by atoms with Crippen LogP contribution in [0.15, 0.2) is 140 Å². The van der Waals surface area contributed by atoms with E-state index in [1.54, 1.807) is 0 Å². The Balaban J connectivity index is 1.70. The summed E-state index contributed by atoms with van der Waals surface area (Å²) >= 11 is 0. The maximum atomic E-state index is 2.42. The number of allylic oxidation sites excluding steroid dienone is 4. The van der Waals surface area contributed by atoms with Gasteiger partial charge < -0.3 is 0 Å². The van der Waals surface area contributed by atoms with Gasteiger partial charge >= 0.3 is 0 Å². The first-order valence-electron chi connectivity index (χ1n) is 11.1. The predicted octanol–water partition coefficient (Wildman–Crippen LogP) is 5.76. The molecule has 0 nitrogen and oxygen atoms in total. The first-order chi connectivity index (χ1) is 15.9. The van der Waals surface area contributed by atoms with Gasteiger partial charge in [0.05, 0.1) is 0 Å². The van der Waals surface area contributed by atoms with Gasteiger partial charge in [-0.15, -0.1) is 0 Å². The Morgan fingerprint density at radius 1 is 0.500 bits per heavy atom. The smallest absolute Gasteiger partial charge is 0.00886 e. The minimum Gasteiger partial charge on any atom is -0.0836 e. The highest BCUT2D eigenvalue weighted by atomic mass is 31.1. The van der Waals surface area contributed by atoms with E-state index in [1.165, 1.54) is 26.5 Å². The first-order valence-corrected chi connectivity index (χ1v) is 13.8. The summed E-state index contributed by atoms with van der Waals surface area (Å²) in [6.45, 7) is 0. The minimum absolute atomic E-state index is 0.516. The van der Waals surface area contributed by atoms with E-state index < -0.39 is 15.8 Å². The Kier molecular flexibility index (Phi) is 6.74. The lowest BCUT2D eigenvalue weighted by molar-refractivity contribution is 1.05. The third-order valence-electron chi connectivity index (χ3n) is 5.73. The molecule has 2 unspecified atom stereocenters. The summed E-state index contributed by atoms with van der Waals surface area (Å²) in [6, 6.07) is 42.4. The molecule has 0 saturated heterocycles. The van der Waals surface area contributed by atoms with Crippen molar-refractivity contribution in [1.82, 2.24) is 0 Å². The van der Waals surface area contributed by atoms with E-state index in [1.807, 2.05) is 0 Å². The van der Waals surface area contributed by atoms with Crippen LogP contribution in [-0.4, -0.2) is 5.66 Å². The molecule has 0 bridgehead atoms. The van der Waals surface area contributed by atoms with Gasteiger partial charge in [-0.25, -0.2) is 0 Å². The molecule has 0 aliphatic heterocycles. The highest BCUT2D eigenvalue weighted by molar-refractivity contribution is 7.83. The monoisotopic (exact) mass is 448 g/mol. The lowest BCUT2D eigenvalue weighted by atomic mass is 10.2. The Morgan fingerprint density at radius 3 is 1.53 bits per heavy atom. The molecule has 1 aliphatic rings. The van der Waals surface area contributed by atoms with Gasteiger partial charge in [0.25, 0.3) is 0 Å². The normalized spacial score (nSPS) is 16.2. The van der Waals surface area contributed by atoms with Gasteiger partial charge in [0.15, 0.2) is 0 Å². The Labute approximate surface area is 193 Å². The molecule has 0 saturated carbocycles. The van der Waals surface area contributed by atoms with Crippen LogP contribution in [-0.2, 0) is 0 Å². The number of benzene rings is 4. The summed E-state index contributed by atoms with van der Waals surface area (Å²) in [5.41, 5.74) is 0.516. The molecule has 0 heterocycles. The average molecular weight is 448 g/mol. The summed E-state index contributed by atoms with van der Waals surface area (Å²) in [4.78, 5) is 0. The molecule has 2 heteroatoms. The van der Waals surface area contributed by atoms with Crippen molar-refractivity contribution in [3.63, 3.8) is 0 Å². The number of rotatable bonds is 6. The van der Waals surface area contributed by atoms with E-state index in [0.717, 1.165) is 6.42 Å². The van der Waals surface area contributed by atoms with Crippen molar-refractivity contribution < 1.29 is 0 Å². The van der Waals surface area contributed by atoms with E-state index in [0.29, 0.717) is 5.66 Å². The van der Waals surface area contributed by atoms with E-state index in [4.69, 9.17) is 0 Å². The fraction of sp³-hybridized carbons (Fsp3) is 0.0667. The van der Waals surface area contributed by atoms with E-state index in [2.05, 4.69) is 140 Å². The van der Waals surface area contributed by atoms with Crippen LogP contribution in [0.3, 0.4) is 0 Å². The van der Waals surface area contributed by atoms with Crippen molar-refractivity contribution in [3.8, 4) is 0 Å². The molecule has 0 spiro atoms. The van der Waals surface area contributed by atoms with Crippen molar-refractivity contribution in [1.29, 1.82) is 0 Å². The fourth-order valence-electron chi connectivity index (χ4n) is 4.30. The minimum atomic E-state index is -0.637. The van der Waals surface area contributed by atoms with Gasteiger partial charge in [0, 0.05) is 5.66 Å². The third kappa shape index (κ3) is 4.54. The molecule has 0 amide bonds. The topological polar surface area (TPSA) is 0 Å². The van der Waals surface area contributed by atoms with Crippen molar-refractivity contribution in [3.05, 3.63) is 140 Å². The summed E-state index contributed by atoms with van der Waals surface area (Å²) in [7, 11) is -1.16. The Bertz CT molecular complexity index is 1160.